The second-order valence-corrected chi connectivity index (χ2v) is 5.14. The highest BCUT2D eigenvalue weighted by Gasteiger charge is 2.17. The van der Waals surface area contributed by atoms with Crippen molar-refractivity contribution in [1.29, 1.82) is 0 Å². The summed E-state index contributed by atoms with van der Waals surface area (Å²) in [5.74, 6) is -0.457. The summed E-state index contributed by atoms with van der Waals surface area (Å²) >= 11 is 3.10. The molecular weight excluding hydrogens is 358 g/mol. The maximum atomic E-state index is 11.7. The van der Waals surface area contributed by atoms with Crippen LogP contribution in [-0.2, 0) is 0 Å². The predicted octanol–water partition coefficient (Wildman–Crippen LogP) is 2.73. The zero-order chi connectivity index (χ0) is 16.3. The zero-order valence-electron chi connectivity index (χ0n) is 11.2. The highest BCUT2D eigenvalue weighted by molar-refractivity contribution is 9.10. The molecule has 0 aliphatic heterocycles. The Kier molecular flexibility index (Phi) is 4.56. The number of phenolic OH excluding ortho intramolecular Hbond substituents is 1. The number of hydrazone groups is 1. The van der Waals surface area contributed by atoms with Crippen molar-refractivity contribution in [3.8, 4) is 5.75 Å². The molecule has 2 aromatic rings. The molecule has 0 unspecified atom stereocenters. The van der Waals surface area contributed by atoms with Crippen molar-refractivity contribution in [1.82, 2.24) is 5.43 Å². The lowest BCUT2D eigenvalue weighted by Gasteiger charge is -2.01. The van der Waals surface area contributed by atoms with Gasteiger partial charge in [-0.2, -0.15) is 5.10 Å². The van der Waals surface area contributed by atoms with Gasteiger partial charge in [-0.05, 0) is 25.1 Å². The van der Waals surface area contributed by atoms with Crippen molar-refractivity contribution in [3.63, 3.8) is 0 Å². The van der Waals surface area contributed by atoms with Crippen LogP contribution in [0, 0.1) is 17.0 Å². The van der Waals surface area contributed by atoms with E-state index in [9.17, 15) is 20.0 Å². The number of benzene rings is 1. The molecule has 8 nitrogen and oxygen atoms in total. The van der Waals surface area contributed by atoms with Gasteiger partial charge in [-0.1, -0.05) is 15.9 Å². The van der Waals surface area contributed by atoms with Crippen molar-refractivity contribution < 1.29 is 19.2 Å². The van der Waals surface area contributed by atoms with E-state index in [1.165, 1.54) is 12.1 Å². The van der Waals surface area contributed by atoms with Gasteiger partial charge in [0.15, 0.2) is 5.76 Å². The number of halogens is 1. The number of amides is 1. The monoisotopic (exact) mass is 367 g/mol. The van der Waals surface area contributed by atoms with Gasteiger partial charge < -0.3 is 9.52 Å². The number of phenols is 1. The lowest BCUT2D eigenvalue weighted by molar-refractivity contribution is -0.385. The molecule has 1 heterocycles. The van der Waals surface area contributed by atoms with Crippen molar-refractivity contribution in [2.75, 3.05) is 0 Å². The van der Waals surface area contributed by atoms with Gasteiger partial charge in [-0.15, -0.1) is 0 Å². The van der Waals surface area contributed by atoms with Crippen LogP contribution in [-0.4, -0.2) is 22.2 Å². The Hall–Kier alpha value is -2.68. The summed E-state index contributed by atoms with van der Waals surface area (Å²) < 4.78 is 5.50. The molecule has 9 heteroatoms. The van der Waals surface area contributed by atoms with E-state index in [2.05, 4.69) is 26.5 Å². The normalized spacial score (nSPS) is 10.8. The number of nitro groups is 1. The van der Waals surface area contributed by atoms with E-state index >= 15 is 0 Å². The number of aromatic hydroxyl groups is 1. The molecule has 1 aromatic carbocycles. The molecule has 0 fully saturated rings. The number of hydrogen-bond donors (Lipinski definition) is 2. The fourth-order valence-corrected chi connectivity index (χ4v) is 2.08. The van der Waals surface area contributed by atoms with Crippen LogP contribution >= 0.6 is 15.9 Å². The Morgan fingerprint density at radius 1 is 1.50 bits per heavy atom. The molecule has 0 spiro atoms. The first-order chi connectivity index (χ1) is 10.4. The Morgan fingerprint density at radius 3 is 2.82 bits per heavy atom. The maximum Gasteiger partial charge on any atom is 0.312 e. The lowest BCUT2D eigenvalue weighted by atomic mass is 10.2. The molecule has 2 rings (SSSR count). The molecule has 1 amide bonds. The summed E-state index contributed by atoms with van der Waals surface area (Å²) in [6.07, 6.45) is 1.10. The van der Waals surface area contributed by atoms with Gasteiger partial charge in [0.2, 0.25) is 5.75 Å². The van der Waals surface area contributed by atoms with Crippen molar-refractivity contribution in [2.24, 2.45) is 5.10 Å². The van der Waals surface area contributed by atoms with Gasteiger partial charge in [-0.3, -0.25) is 14.9 Å². The number of rotatable bonds is 4. The number of furan rings is 1. The minimum absolute atomic E-state index is 0.0806. The Morgan fingerprint density at radius 2 is 2.23 bits per heavy atom. The van der Waals surface area contributed by atoms with Crippen LogP contribution in [0.25, 0.3) is 0 Å². The lowest BCUT2D eigenvalue weighted by Crippen LogP contribution is -2.16. The quantitative estimate of drug-likeness (QED) is 0.489. The molecule has 0 aliphatic carbocycles. The highest BCUT2D eigenvalue weighted by atomic mass is 79.9. The van der Waals surface area contributed by atoms with E-state index in [1.807, 2.05) is 0 Å². The summed E-state index contributed by atoms with van der Waals surface area (Å²) in [5, 5.41) is 24.2. The van der Waals surface area contributed by atoms with Crippen molar-refractivity contribution in [2.45, 2.75) is 6.92 Å². The van der Waals surface area contributed by atoms with Crippen LogP contribution in [0.2, 0.25) is 0 Å². The molecular formula is C13H10BrN3O5. The summed E-state index contributed by atoms with van der Waals surface area (Å²) in [6, 6.07) is 5.70. The highest BCUT2D eigenvalue weighted by Crippen LogP contribution is 2.32. The summed E-state index contributed by atoms with van der Waals surface area (Å²) in [5.41, 5.74) is 1.81. The number of hydrogen-bond acceptors (Lipinski definition) is 6. The molecule has 22 heavy (non-hydrogen) atoms. The third-order valence-corrected chi connectivity index (χ3v) is 3.07. The second kappa shape index (κ2) is 6.39. The van der Waals surface area contributed by atoms with Gasteiger partial charge in [-0.25, -0.2) is 5.43 Å². The van der Waals surface area contributed by atoms with E-state index in [4.69, 9.17) is 4.42 Å². The van der Waals surface area contributed by atoms with Gasteiger partial charge >= 0.3 is 11.6 Å². The number of carbonyl (C=O) groups is 1. The molecule has 0 atom stereocenters. The SMILES string of the molecule is Cc1ccc(C(=O)N/N=C\c2cc(Br)cc([N+](=O)[O-])c2O)o1. The third kappa shape index (κ3) is 3.50. The average Bonchev–Trinajstić information content (AvgIpc) is 2.88. The molecule has 0 bridgehead atoms. The average molecular weight is 368 g/mol. The minimum atomic E-state index is -0.721. The van der Waals surface area contributed by atoms with E-state index < -0.39 is 22.3 Å². The molecule has 0 saturated carbocycles. The first-order valence-corrected chi connectivity index (χ1v) is 6.74. The number of aryl methyl sites for hydroxylation is 1. The Balaban J connectivity index is 2.17. The Bertz CT molecular complexity index is 769. The topological polar surface area (TPSA) is 118 Å². The van der Waals surface area contributed by atoms with Crippen molar-refractivity contribution >= 4 is 33.7 Å². The van der Waals surface area contributed by atoms with Gasteiger partial charge in [0.1, 0.15) is 5.76 Å². The van der Waals surface area contributed by atoms with Crippen LogP contribution in [0.4, 0.5) is 5.69 Å². The van der Waals surface area contributed by atoms with E-state index in [0.29, 0.717) is 10.2 Å². The Labute approximate surface area is 132 Å². The van der Waals surface area contributed by atoms with Crippen molar-refractivity contribution in [3.05, 3.63) is 55.9 Å². The summed E-state index contributed by atoms with van der Waals surface area (Å²) in [6.45, 7) is 1.69. The van der Waals surface area contributed by atoms with E-state index in [-0.39, 0.29) is 11.3 Å². The molecule has 114 valence electrons. The molecule has 0 saturated heterocycles. The van der Waals surface area contributed by atoms with Crippen LogP contribution in [0.1, 0.15) is 21.9 Å². The van der Waals surface area contributed by atoms with Crippen LogP contribution in [0.15, 0.2) is 38.3 Å². The number of carbonyl (C=O) groups excluding carboxylic acids is 1. The molecule has 2 N–H and O–H groups in total. The minimum Gasteiger partial charge on any atom is -0.502 e. The van der Waals surface area contributed by atoms with Crippen LogP contribution in [0.5, 0.6) is 5.75 Å². The largest absolute Gasteiger partial charge is 0.502 e. The third-order valence-electron chi connectivity index (χ3n) is 2.61. The number of nitro benzene ring substituents is 1. The number of nitrogens with one attached hydrogen (secondary N) is 1. The fraction of sp³-hybridized carbons (Fsp3) is 0.0769. The van der Waals surface area contributed by atoms with E-state index in [0.717, 1.165) is 12.3 Å². The summed E-state index contributed by atoms with van der Waals surface area (Å²) in [4.78, 5) is 21.7. The smallest absolute Gasteiger partial charge is 0.312 e. The molecule has 0 radical (unpaired) electrons. The van der Waals surface area contributed by atoms with Gasteiger partial charge in [0.05, 0.1) is 11.1 Å². The standard InChI is InChI=1S/C13H10BrN3O5/c1-7-2-3-11(22-7)13(19)16-15-6-8-4-9(14)5-10(12(8)18)17(20)21/h2-6,18H,1H3,(H,16,19)/b15-6-. The molecule has 0 aliphatic rings. The molecule has 1 aromatic heterocycles. The summed E-state index contributed by atoms with van der Waals surface area (Å²) in [7, 11) is 0. The number of nitrogens with zero attached hydrogens (tertiary/aromatic N) is 2. The van der Waals surface area contributed by atoms with Gasteiger partial charge in [0, 0.05) is 16.1 Å². The first-order valence-electron chi connectivity index (χ1n) is 5.95. The van der Waals surface area contributed by atoms with Crippen LogP contribution in [0.3, 0.4) is 0 Å². The fourth-order valence-electron chi connectivity index (χ4n) is 1.62. The maximum absolute atomic E-state index is 11.7. The van der Waals surface area contributed by atoms with Crippen LogP contribution < -0.4 is 5.43 Å². The zero-order valence-corrected chi connectivity index (χ0v) is 12.8. The van der Waals surface area contributed by atoms with Gasteiger partial charge in [0.25, 0.3) is 0 Å². The first kappa shape index (κ1) is 15.7. The van der Waals surface area contributed by atoms with E-state index in [1.54, 1.807) is 13.0 Å². The second-order valence-electron chi connectivity index (χ2n) is 4.23. The predicted molar refractivity (Wildman–Crippen MR) is 81.0 cm³/mol.